The van der Waals surface area contributed by atoms with Crippen molar-refractivity contribution in [2.45, 2.75) is 32.2 Å². The van der Waals surface area contributed by atoms with Crippen molar-refractivity contribution in [2.24, 2.45) is 0 Å². The van der Waals surface area contributed by atoms with Gasteiger partial charge in [0.05, 0.1) is 19.2 Å². The fourth-order valence-corrected chi connectivity index (χ4v) is 3.80. The molecular weight excluding hydrogens is 453 g/mol. The summed E-state index contributed by atoms with van der Waals surface area (Å²) >= 11 is 0. The van der Waals surface area contributed by atoms with Crippen LogP contribution in [0.25, 0.3) is 11.1 Å². The van der Waals surface area contributed by atoms with Crippen LogP contribution in [0.4, 0.5) is 24.7 Å². The molecule has 8 nitrogen and oxygen atoms in total. The first-order valence-corrected chi connectivity index (χ1v) is 10.4. The number of carbonyl (C=O) groups excluding carboxylic acids is 2. The molecule has 2 amide bonds. The molecule has 0 radical (unpaired) electrons. The summed E-state index contributed by atoms with van der Waals surface area (Å²) in [7, 11) is 1.56. The minimum absolute atomic E-state index is 0.108. The predicted octanol–water partition coefficient (Wildman–Crippen LogP) is 4.54. The first-order valence-electron chi connectivity index (χ1n) is 10.4. The van der Waals surface area contributed by atoms with Crippen molar-refractivity contribution in [1.29, 1.82) is 0 Å². The Hall–Kier alpha value is -4.02. The summed E-state index contributed by atoms with van der Waals surface area (Å²) in [5, 5.41) is 9.87. The Bertz CT molecular complexity index is 1240. The number of hydrogen-bond acceptors (Lipinski definition) is 5. The average molecular weight is 474 g/mol. The lowest BCUT2D eigenvalue weighted by Gasteiger charge is -2.12. The van der Waals surface area contributed by atoms with Gasteiger partial charge in [-0.15, -0.1) is 13.2 Å². The van der Waals surface area contributed by atoms with Gasteiger partial charge in [-0.1, -0.05) is 25.1 Å². The van der Waals surface area contributed by atoms with Gasteiger partial charge in [-0.2, -0.15) is 5.10 Å². The zero-order valence-corrected chi connectivity index (χ0v) is 18.3. The zero-order chi connectivity index (χ0) is 24.5. The second-order valence-corrected chi connectivity index (χ2v) is 7.53. The number of aryl methyl sites for hydroxylation is 1. The zero-order valence-electron chi connectivity index (χ0n) is 18.3. The monoisotopic (exact) mass is 474 g/mol. The molecule has 11 heteroatoms. The maximum absolute atomic E-state index is 12.7. The molecule has 1 aromatic heterocycles. The normalized spacial score (nSPS) is 15.0. The first-order chi connectivity index (χ1) is 16.2. The Balaban J connectivity index is 1.55. The standard InChI is InChI=1S/C23H21F3N4O4/c1-3-17-20(13-6-4-8-15(10-13)33-2)21-28-22(32)18(30(21)29-17)12-19(31)27-14-7-5-9-16(11-14)34-23(24,25)26/h4-11,18H,3,12H2,1-2H3,(H,27,31)(H,28,32). The van der Waals surface area contributed by atoms with Crippen LogP contribution >= 0.6 is 0 Å². The molecule has 0 fully saturated rings. The molecule has 2 heterocycles. The fourth-order valence-electron chi connectivity index (χ4n) is 3.80. The largest absolute Gasteiger partial charge is 0.573 e. The number of halogens is 3. The number of nitrogens with zero attached hydrogens (tertiary/aromatic N) is 2. The summed E-state index contributed by atoms with van der Waals surface area (Å²) in [5.41, 5.74) is 2.40. The Morgan fingerprint density at radius 3 is 2.62 bits per heavy atom. The number of amides is 2. The molecule has 0 saturated heterocycles. The van der Waals surface area contributed by atoms with Crippen LogP contribution in [0.5, 0.6) is 11.5 Å². The topological polar surface area (TPSA) is 94.5 Å². The van der Waals surface area contributed by atoms with Crippen LogP contribution in [-0.4, -0.2) is 35.1 Å². The van der Waals surface area contributed by atoms with E-state index in [1.165, 1.54) is 16.8 Å². The van der Waals surface area contributed by atoms with Gasteiger partial charge in [-0.25, -0.2) is 4.68 Å². The van der Waals surface area contributed by atoms with Gasteiger partial charge in [-0.05, 0) is 36.2 Å². The second-order valence-electron chi connectivity index (χ2n) is 7.53. The molecule has 1 aliphatic rings. The van der Waals surface area contributed by atoms with Crippen molar-refractivity contribution in [3.63, 3.8) is 0 Å². The first kappa shape index (κ1) is 23.1. The molecular formula is C23H21F3N4O4. The highest BCUT2D eigenvalue weighted by Crippen LogP contribution is 2.39. The van der Waals surface area contributed by atoms with Crippen molar-refractivity contribution in [1.82, 2.24) is 9.78 Å². The summed E-state index contributed by atoms with van der Waals surface area (Å²) in [6.07, 6.45) is -4.52. The number of ether oxygens (including phenoxy) is 2. The number of nitrogens with one attached hydrogen (secondary N) is 2. The van der Waals surface area contributed by atoms with E-state index >= 15 is 0 Å². The quantitative estimate of drug-likeness (QED) is 0.524. The van der Waals surface area contributed by atoms with Crippen molar-refractivity contribution in [3.8, 4) is 22.6 Å². The number of aromatic nitrogens is 2. The Morgan fingerprint density at radius 1 is 1.18 bits per heavy atom. The number of rotatable bonds is 7. The highest BCUT2D eigenvalue weighted by Gasteiger charge is 2.37. The average Bonchev–Trinajstić information content (AvgIpc) is 3.28. The van der Waals surface area contributed by atoms with Crippen LogP contribution in [0.3, 0.4) is 0 Å². The summed E-state index contributed by atoms with van der Waals surface area (Å²) < 4.78 is 48.0. The number of alkyl halides is 3. The molecule has 34 heavy (non-hydrogen) atoms. The van der Waals surface area contributed by atoms with Crippen molar-refractivity contribution >= 4 is 23.3 Å². The van der Waals surface area contributed by atoms with E-state index in [1.807, 2.05) is 25.1 Å². The maximum atomic E-state index is 12.7. The van der Waals surface area contributed by atoms with E-state index in [1.54, 1.807) is 13.2 Å². The third-order valence-corrected chi connectivity index (χ3v) is 5.25. The summed E-state index contributed by atoms with van der Waals surface area (Å²) in [5.74, 6) is -0.300. The van der Waals surface area contributed by atoms with Crippen LogP contribution in [0.1, 0.15) is 25.1 Å². The minimum atomic E-state index is -4.85. The molecule has 0 saturated carbocycles. The number of anilines is 2. The van der Waals surface area contributed by atoms with E-state index in [0.717, 1.165) is 29.0 Å². The van der Waals surface area contributed by atoms with Gasteiger partial charge in [0, 0.05) is 17.3 Å². The van der Waals surface area contributed by atoms with Crippen LogP contribution in [0.15, 0.2) is 48.5 Å². The lowest BCUT2D eigenvalue weighted by Crippen LogP contribution is -2.24. The predicted molar refractivity (Wildman–Crippen MR) is 118 cm³/mol. The third-order valence-electron chi connectivity index (χ3n) is 5.25. The smallest absolute Gasteiger partial charge is 0.497 e. The molecule has 4 rings (SSSR count). The molecule has 1 unspecified atom stereocenters. The van der Waals surface area contributed by atoms with Gasteiger partial charge < -0.3 is 20.1 Å². The number of benzene rings is 2. The van der Waals surface area contributed by atoms with Gasteiger partial charge in [-0.3, -0.25) is 9.59 Å². The molecule has 0 bridgehead atoms. The van der Waals surface area contributed by atoms with Crippen molar-refractivity contribution in [3.05, 3.63) is 54.2 Å². The number of fused-ring (bicyclic) bond motifs is 1. The lowest BCUT2D eigenvalue weighted by atomic mass is 10.0. The Labute approximate surface area is 192 Å². The molecule has 2 N–H and O–H groups in total. The van der Waals surface area contributed by atoms with E-state index in [4.69, 9.17) is 4.74 Å². The van der Waals surface area contributed by atoms with Crippen LogP contribution < -0.4 is 20.1 Å². The highest BCUT2D eigenvalue weighted by atomic mass is 19.4. The SMILES string of the molecule is CCc1nn2c(c1-c1cccc(OC)c1)NC(=O)C2CC(=O)Nc1cccc(OC(F)(F)F)c1. The van der Waals surface area contributed by atoms with Crippen LogP contribution in [0.2, 0.25) is 0 Å². The molecule has 2 aromatic carbocycles. The molecule has 3 aromatic rings. The Morgan fingerprint density at radius 2 is 1.91 bits per heavy atom. The number of methoxy groups -OCH3 is 1. The molecule has 0 spiro atoms. The Kier molecular flexibility index (Phi) is 6.18. The van der Waals surface area contributed by atoms with E-state index in [2.05, 4.69) is 20.5 Å². The van der Waals surface area contributed by atoms with E-state index < -0.39 is 30.0 Å². The molecule has 1 aliphatic heterocycles. The molecule has 178 valence electrons. The minimum Gasteiger partial charge on any atom is -0.497 e. The number of hydrogen-bond donors (Lipinski definition) is 2. The maximum Gasteiger partial charge on any atom is 0.573 e. The lowest BCUT2D eigenvalue weighted by molar-refractivity contribution is -0.274. The molecule has 0 aliphatic carbocycles. The number of carbonyl (C=O) groups is 2. The second kappa shape index (κ2) is 9.08. The summed E-state index contributed by atoms with van der Waals surface area (Å²) in [4.78, 5) is 25.3. The summed E-state index contributed by atoms with van der Waals surface area (Å²) in [6.45, 7) is 1.93. The molecule has 1 atom stereocenters. The van der Waals surface area contributed by atoms with E-state index in [-0.39, 0.29) is 12.1 Å². The third kappa shape index (κ3) is 4.82. The van der Waals surface area contributed by atoms with Crippen molar-refractivity contribution in [2.75, 3.05) is 17.7 Å². The van der Waals surface area contributed by atoms with Crippen LogP contribution in [-0.2, 0) is 16.0 Å². The van der Waals surface area contributed by atoms with E-state index in [0.29, 0.717) is 18.0 Å². The van der Waals surface area contributed by atoms with Gasteiger partial charge in [0.15, 0.2) is 0 Å². The fraction of sp³-hybridized carbons (Fsp3) is 0.261. The van der Waals surface area contributed by atoms with Crippen molar-refractivity contribution < 1.29 is 32.2 Å². The van der Waals surface area contributed by atoms with Gasteiger partial charge in [0.1, 0.15) is 23.4 Å². The highest BCUT2D eigenvalue weighted by molar-refractivity contribution is 6.04. The van der Waals surface area contributed by atoms with E-state index in [9.17, 15) is 22.8 Å². The van der Waals surface area contributed by atoms with Gasteiger partial charge >= 0.3 is 6.36 Å². The van der Waals surface area contributed by atoms with Gasteiger partial charge in [0.2, 0.25) is 5.91 Å². The van der Waals surface area contributed by atoms with Gasteiger partial charge in [0.25, 0.3) is 5.91 Å². The van der Waals surface area contributed by atoms with Crippen LogP contribution in [0, 0.1) is 0 Å². The summed E-state index contributed by atoms with van der Waals surface area (Å²) in [6, 6.07) is 11.3.